The Labute approximate surface area is 104 Å². The summed E-state index contributed by atoms with van der Waals surface area (Å²) in [5.74, 6) is 2.39. The van der Waals surface area contributed by atoms with E-state index in [-0.39, 0.29) is 0 Å². The number of likely N-dealkylation sites (tertiary alicyclic amines) is 1. The molecule has 0 bridgehead atoms. The lowest BCUT2D eigenvalue weighted by molar-refractivity contribution is 0.312. The number of hydrogen-bond donors (Lipinski definition) is 1. The molecular weight excluding hydrogens is 214 g/mol. The Bertz CT molecular complexity index is 312. The molecule has 2 rings (SSSR count). The van der Waals surface area contributed by atoms with Gasteiger partial charge in [-0.1, -0.05) is 37.3 Å². The third-order valence-corrected chi connectivity index (χ3v) is 3.92. The predicted octanol–water partition coefficient (Wildman–Crippen LogP) is 3.04. The lowest BCUT2D eigenvalue weighted by Crippen LogP contribution is -2.27. The first-order valence-corrected chi connectivity index (χ1v) is 6.81. The van der Waals surface area contributed by atoms with Gasteiger partial charge in [0, 0.05) is 19.0 Å². The van der Waals surface area contributed by atoms with Crippen LogP contribution in [0.25, 0.3) is 0 Å². The lowest BCUT2D eigenvalue weighted by atomic mass is 10.0. The summed E-state index contributed by atoms with van der Waals surface area (Å²) in [6.45, 7) is 6.03. The molecule has 0 saturated carbocycles. The van der Waals surface area contributed by atoms with Crippen molar-refractivity contribution in [2.45, 2.75) is 19.3 Å². The van der Waals surface area contributed by atoms with Crippen LogP contribution in [0.3, 0.4) is 0 Å². The minimum absolute atomic E-state index is 0.579. The Hall–Kier alpha value is -0.470. The molecule has 1 fully saturated rings. The summed E-state index contributed by atoms with van der Waals surface area (Å²) in [4.78, 5) is 2.58. The average Bonchev–Trinajstić information content (AvgIpc) is 2.73. The van der Waals surface area contributed by atoms with Crippen LogP contribution >= 0.6 is 12.6 Å². The average molecular weight is 235 g/mol. The van der Waals surface area contributed by atoms with Crippen molar-refractivity contribution in [2.24, 2.45) is 5.92 Å². The summed E-state index contributed by atoms with van der Waals surface area (Å²) in [7, 11) is 0. The van der Waals surface area contributed by atoms with Crippen LogP contribution in [0.4, 0.5) is 0 Å². The molecule has 0 N–H and O–H groups in total. The first kappa shape index (κ1) is 12.0. The minimum Gasteiger partial charge on any atom is -0.302 e. The smallest absolute Gasteiger partial charge is 0.00582 e. The lowest BCUT2D eigenvalue weighted by Gasteiger charge is -2.22. The highest BCUT2D eigenvalue weighted by atomic mass is 32.1. The fourth-order valence-electron chi connectivity index (χ4n) is 2.50. The van der Waals surface area contributed by atoms with E-state index in [1.165, 1.54) is 25.1 Å². The molecule has 2 heteroatoms. The van der Waals surface area contributed by atoms with Crippen LogP contribution < -0.4 is 0 Å². The fraction of sp³-hybridized carbons (Fsp3) is 0.571. The Morgan fingerprint density at radius 2 is 2.12 bits per heavy atom. The maximum absolute atomic E-state index is 4.50. The Morgan fingerprint density at radius 3 is 2.69 bits per heavy atom. The number of benzene rings is 1. The summed E-state index contributed by atoms with van der Waals surface area (Å²) in [5, 5.41) is 0. The Kier molecular flexibility index (Phi) is 4.30. The van der Waals surface area contributed by atoms with E-state index in [1.54, 1.807) is 0 Å². The maximum atomic E-state index is 4.50. The molecule has 1 aromatic carbocycles. The Morgan fingerprint density at radius 1 is 1.38 bits per heavy atom. The van der Waals surface area contributed by atoms with E-state index in [4.69, 9.17) is 0 Å². The highest BCUT2D eigenvalue weighted by molar-refractivity contribution is 7.80. The summed E-state index contributed by atoms with van der Waals surface area (Å²) in [6.07, 6.45) is 1.36. The molecule has 0 aliphatic carbocycles. The van der Waals surface area contributed by atoms with Gasteiger partial charge in [-0.15, -0.1) is 0 Å². The summed E-state index contributed by atoms with van der Waals surface area (Å²) >= 11 is 4.50. The molecule has 1 heterocycles. The quantitative estimate of drug-likeness (QED) is 0.785. The van der Waals surface area contributed by atoms with Crippen molar-refractivity contribution >= 4 is 12.6 Å². The van der Waals surface area contributed by atoms with E-state index in [9.17, 15) is 0 Å². The molecule has 88 valence electrons. The molecule has 2 unspecified atom stereocenters. The molecule has 0 spiro atoms. The van der Waals surface area contributed by atoms with Gasteiger partial charge >= 0.3 is 0 Å². The van der Waals surface area contributed by atoms with Gasteiger partial charge in [0.2, 0.25) is 0 Å². The molecule has 1 saturated heterocycles. The van der Waals surface area contributed by atoms with E-state index in [1.807, 2.05) is 0 Å². The van der Waals surface area contributed by atoms with Gasteiger partial charge in [-0.2, -0.15) is 12.6 Å². The number of rotatable bonds is 4. The molecule has 0 radical (unpaired) electrons. The number of hydrogen-bond acceptors (Lipinski definition) is 2. The van der Waals surface area contributed by atoms with Crippen molar-refractivity contribution in [1.82, 2.24) is 4.90 Å². The van der Waals surface area contributed by atoms with Gasteiger partial charge < -0.3 is 4.90 Å². The minimum atomic E-state index is 0.579. The van der Waals surface area contributed by atoms with Gasteiger partial charge in [-0.05, 0) is 30.2 Å². The van der Waals surface area contributed by atoms with Crippen LogP contribution in [0.5, 0.6) is 0 Å². The summed E-state index contributed by atoms with van der Waals surface area (Å²) in [6, 6.07) is 10.8. The zero-order chi connectivity index (χ0) is 11.4. The topological polar surface area (TPSA) is 3.24 Å². The third kappa shape index (κ3) is 3.02. The predicted molar refractivity (Wildman–Crippen MR) is 73.3 cm³/mol. The van der Waals surface area contributed by atoms with Crippen molar-refractivity contribution in [2.75, 3.05) is 25.4 Å². The fourth-order valence-corrected chi connectivity index (χ4v) is 2.82. The summed E-state index contributed by atoms with van der Waals surface area (Å²) in [5.41, 5.74) is 1.43. The van der Waals surface area contributed by atoms with Gasteiger partial charge in [-0.3, -0.25) is 0 Å². The van der Waals surface area contributed by atoms with Crippen LogP contribution in [0.1, 0.15) is 24.8 Å². The first-order chi connectivity index (χ1) is 7.79. The van der Waals surface area contributed by atoms with Crippen LogP contribution in [0.2, 0.25) is 0 Å². The van der Waals surface area contributed by atoms with E-state index < -0.39 is 0 Å². The van der Waals surface area contributed by atoms with Gasteiger partial charge in [0.05, 0.1) is 0 Å². The second-order valence-electron chi connectivity index (χ2n) is 4.94. The highest BCUT2D eigenvalue weighted by Gasteiger charge is 2.21. The number of nitrogens with zero attached hydrogens (tertiary/aromatic N) is 1. The van der Waals surface area contributed by atoms with E-state index in [0.717, 1.165) is 18.2 Å². The normalized spacial score (nSPS) is 23.5. The van der Waals surface area contributed by atoms with E-state index in [2.05, 4.69) is 54.8 Å². The number of thiol groups is 1. The standard InChI is InChI=1S/C14H21NS/c1-12-7-8-15(9-12)10-14(11-16)13-5-3-2-4-6-13/h2-6,12,14,16H,7-11H2,1H3. The van der Waals surface area contributed by atoms with Crippen molar-refractivity contribution in [3.8, 4) is 0 Å². The van der Waals surface area contributed by atoms with Crippen LogP contribution in [0.15, 0.2) is 30.3 Å². The molecule has 0 amide bonds. The molecule has 1 aliphatic heterocycles. The van der Waals surface area contributed by atoms with Crippen molar-refractivity contribution < 1.29 is 0 Å². The summed E-state index contributed by atoms with van der Waals surface area (Å²) < 4.78 is 0. The van der Waals surface area contributed by atoms with E-state index in [0.29, 0.717) is 5.92 Å². The largest absolute Gasteiger partial charge is 0.302 e. The van der Waals surface area contributed by atoms with E-state index >= 15 is 0 Å². The molecule has 0 aromatic heterocycles. The molecule has 1 aromatic rings. The molecule has 1 aliphatic rings. The van der Waals surface area contributed by atoms with Crippen LogP contribution in [-0.2, 0) is 0 Å². The third-order valence-electron chi connectivity index (χ3n) is 3.48. The van der Waals surface area contributed by atoms with Gasteiger partial charge in [0.15, 0.2) is 0 Å². The SMILES string of the molecule is CC1CCN(CC(CS)c2ccccc2)C1. The second kappa shape index (κ2) is 5.74. The van der Waals surface area contributed by atoms with Crippen molar-refractivity contribution in [3.63, 3.8) is 0 Å². The van der Waals surface area contributed by atoms with Gasteiger partial charge in [0.1, 0.15) is 0 Å². The van der Waals surface area contributed by atoms with Gasteiger partial charge in [0.25, 0.3) is 0 Å². The zero-order valence-electron chi connectivity index (χ0n) is 9.97. The highest BCUT2D eigenvalue weighted by Crippen LogP contribution is 2.22. The van der Waals surface area contributed by atoms with Crippen molar-refractivity contribution in [1.29, 1.82) is 0 Å². The maximum Gasteiger partial charge on any atom is 0.00582 e. The second-order valence-corrected chi connectivity index (χ2v) is 5.31. The molecular formula is C14H21NS. The molecule has 2 atom stereocenters. The molecule has 16 heavy (non-hydrogen) atoms. The first-order valence-electron chi connectivity index (χ1n) is 6.17. The van der Waals surface area contributed by atoms with Crippen LogP contribution in [0, 0.1) is 5.92 Å². The van der Waals surface area contributed by atoms with Crippen LogP contribution in [-0.4, -0.2) is 30.3 Å². The van der Waals surface area contributed by atoms with Gasteiger partial charge in [-0.25, -0.2) is 0 Å². The van der Waals surface area contributed by atoms with Crippen molar-refractivity contribution in [3.05, 3.63) is 35.9 Å². The monoisotopic (exact) mass is 235 g/mol. The Balaban J connectivity index is 1.96. The zero-order valence-corrected chi connectivity index (χ0v) is 10.9. The molecule has 1 nitrogen and oxygen atoms in total.